The maximum absolute atomic E-state index is 13.0. The predicted molar refractivity (Wildman–Crippen MR) is 101 cm³/mol. The molecule has 3 aromatic rings. The third kappa shape index (κ3) is 2.93. The van der Waals surface area contributed by atoms with Gasteiger partial charge in [0.1, 0.15) is 0 Å². The summed E-state index contributed by atoms with van der Waals surface area (Å²) in [5.41, 5.74) is 1.84. The average Bonchev–Trinajstić information content (AvgIpc) is 2.85. The second kappa shape index (κ2) is 6.92. The number of hydrogen-bond acceptors (Lipinski definition) is 3. The van der Waals surface area contributed by atoms with Gasteiger partial charge in [-0.3, -0.25) is 9.78 Å². The van der Waals surface area contributed by atoms with Crippen molar-refractivity contribution in [3.63, 3.8) is 0 Å². The van der Waals surface area contributed by atoms with Crippen LogP contribution in [0.4, 0.5) is 0 Å². The van der Waals surface area contributed by atoms with Crippen molar-refractivity contribution in [2.24, 2.45) is 7.05 Å². The minimum atomic E-state index is -0.157. The van der Waals surface area contributed by atoms with Crippen molar-refractivity contribution in [3.8, 4) is 5.75 Å². The molecule has 25 heavy (non-hydrogen) atoms. The van der Waals surface area contributed by atoms with Crippen molar-refractivity contribution < 1.29 is 9.90 Å². The molecule has 2 heterocycles. The normalized spacial score (nSPS) is 11.4. The van der Waals surface area contributed by atoms with Gasteiger partial charge < -0.3 is 14.6 Å². The van der Waals surface area contributed by atoms with E-state index in [-0.39, 0.29) is 11.7 Å². The number of fused-ring (bicyclic) bond motifs is 3. The fourth-order valence-electron chi connectivity index (χ4n) is 3.33. The van der Waals surface area contributed by atoms with Crippen LogP contribution in [0.5, 0.6) is 5.75 Å². The van der Waals surface area contributed by atoms with Gasteiger partial charge >= 0.3 is 0 Å². The summed E-state index contributed by atoms with van der Waals surface area (Å²) in [5.74, 6) is -0.177. The van der Waals surface area contributed by atoms with Crippen LogP contribution in [0.2, 0.25) is 5.02 Å². The van der Waals surface area contributed by atoms with Gasteiger partial charge in [-0.1, -0.05) is 25.4 Å². The SMILES string of the molecule is CCCN(CCC)C(=O)c1c(O)c2cnc3ccc(Cl)cc3c2n1C. The van der Waals surface area contributed by atoms with Gasteiger partial charge in [0.25, 0.3) is 5.91 Å². The van der Waals surface area contributed by atoms with Crippen molar-refractivity contribution in [1.29, 1.82) is 0 Å². The van der Waals surface area contributed by atoms with Crippen LogP contribution in [0, 0.1) is 0 Å². The number of aromatic hydroxyl groups is 1. The van der Waals surface area contributed by atoms with E-state index in [1.807, 2.05) is 26.0 Å². The molecule has 0 radical (unpaired) electrons. The molecule has 0 saturated carbocycles. The summed E-state index contributed by atoms with van der Waals surface area (Å²) in [6.07, 6.45) is 3.36. The van der Waals surface area contributed by atoms with Crippen LogP contribution in [-0.4, -0.2) is 38.6 Å². The molecule has 2 aromatic heterocycles. The topological polar surface area (TPSA) is 58.4 Å². The fraction of sp³-hybridized carbons (Fsp3) is 0.368. The van der Waals surface area contributed by atoms with Gasteiger partial charge in [0.05, 0.1) is 16.4 Å². The second-order valence-corrected chi connectivity index (χ2v) is 6.67. The van der Waals surface area contributed by atoms with Crippen LogP contribution in [-0.2, 0) is 7.05 Å². The summed E-state index contributed by atoms with van der Waals surface area (Å²) >= 11 is 6.14. The molecule has 6 heteroatoms. The largest absolute Gasteiger partial charge is 0.505 e. The molecule has 0 unspecified atom stereocenters. The highest BCUT2D eigenvalue weighted by Gasteiger charge is 2.26. The Hall–Kier alpha value is -2.27. The lowest BCUT2D eigenvalue weighted by Gasteiger charge is -2.21. The first kappa shape index (κ1) is 17.5. The van der Waals surface area contributed by atoms with Crippen molar-refractivity contribution in [1.82, 2.24) is 14.5 Å². The Morgan fingerprint density at radius 3 is 2.56 bits per heavy atom. The molecule has 0 aliphatic heterocycles. The standard InChI is InChI=1S/C19H22ClN3O2/c1-4-8-23(9-5-2)19(25)17-18(24)14-11-21-15-7-6-12(20)10-13(15)16(14)22(17)3/h6-7,10-11,24H,4-5,8-9H2,1-3H3. The van der Waals surface area contributed by atoms with Gasteiger partial charge in [0, 0.05) is 36.7 Å². The number of pyridine rings is 1. The minimum Gasteiger partial charge on any atom is -0.505 e. The maximum atomic E-state index is 13.0. The molecule has 0 saturated heterocycles. The predicted octanol–water partition coefficient (Wildman–Crippen LogP) is 4.35. The Labute approximate surface area is 151 Å². The lowest BCUT2D eigenvalue weighted by atomic mass is 10.1. The molecule has 3 rings (SSSR count). The number of nitrogens with zero attached hydrogens (tertiary/aromatic N) is 3. The zero-order valence-corrected chi connectivity index (χ0v) is 15.5. The molecule has 0 aliphatic rings. The lowest BCUT2D eigenvalue weighted by molar-refractivity contribution is 0.0743. The van der Waals surface area contributed by atoms with E-state index in [2.05, 4.69) is 4.98 Å². The summed E-state index contributed by atoms with van der Waals surface area (Å²) in [4.78, 5) is 19.2. The number of hydrogen-bond donors (Lipinski definition) is 1. The molecular weight excluding hydrogens is 338 g/mol. The fourth-order valence-corrected chi connectivity index (χ4v) is 3.51. The molecule has 5 nitrogen and oxygen atoms in total. The Morgan fingerprint density at radius 1 is 1.24 bits per heavy atom. The first-order valence-corrected chi connectivity index (χ1v) is 8.92. The number of aromatic nitrogens is 2. The molecule has 1 aromatic carbocycles. The number of rotatable bonds is 5. The molecule has 0 spiro atoms. The second-order valence-electron chi connectivity index (χ2n) is 6.23. The van der Waals surface area contributed by atoms with Crippen molar-refractivity contribution >= 4 is 39.3 Å². The molecule has 0 aliphatic carbocycles. The summed E-state index contributed by atoms with van der Waals surface area (Å²) in [6, 6.07) is 5.43. The molecular formula is C19H22ClN3O2. The monoisotopic (exact) mass is 359 g/mol. The minimum absolute atomic E-state index is 0.0194. The average molecular weight is 360 g/mol. The van der Waals surface area contributed by atoms with Crippen LogP contribution in [0.15, 0.2) is 24.4 Å². The molecule has 132 valence electrons. The Balaban J connectivity index is 2.24. The van der Waals surface area contributed by atoms with Crippen LogP contribution < -0.4 is 0 Å². The molecule has 0 fully saturated rings. The van der Waals surface area contributed by atoms with E-state index in [1.165, 1.54) is 0 Å². The highest BCUT2D eigenvalue weighted by atomic mass is 35.5. The highest BCUT2D eigenvalue weighted by Crippen LogP contribution is 2.36. The van der Waals surface area contributed by atoms with Crippen molar-refractivity contribution in [3.05, 3.63) is 35.1 Å². The summed E-state index contributed by atoms with van der Waals surface area (Å²) < 4.78 is 1.76. The third-order valence-electron chi connectivity index (χ3n) is 4.43. The van der Waals surface area contributed by atoms with Gasteiger partial charge in [0.15, 0.2) is 11.4 Å². The van der Waals surface area contributed by atoms with Crippen LogP contribution in [0.1, 0.15) is 37.2 Å². The van der Waals surface area contributed by atoms with Gasteiger partial charge in [-0.25, -0.2) is 0 Å². The van der Waals surface area contributed by atoms with Gasteiger partial charge in [0.2, 0.25) is 0 Å². The number of halogens is 1. The van der Waals surface area contributed by atoms with Crippen LogP contribution >= 0.6 is 11.6 Å². The van der Waals surface area contributed by atoms with Crippen LogP contribution in [0.3, 0.4) is 0 Å². The Kier molecular flexibility index (Phi) is 4.86. The summed E-state index contributed by atoms with van der Waals surface area (Å²) in [6.45, 7) is 5.41. The molecule has 1 amide bonds. The zero-order chi connectivity index (χ0) is 18.1. The molecule has 0 atom stereocenters. The van der Waals surface area contributed by atoms with Gasteiger partial charge in [-0.15, -0.1) is 0 Å². The lowest BCUT2D eigenvalue weighted by Crippen LogP contribution is -2.33. The quantitative estimate of drug-likeness (QED) is 0.736. The first-order chi connectivity index (χ1) is 12.0. The Bertz CT molecular complexity index is 943. The number of aryl methyl sites for hydroxylation is 1. The maximum Gasteiger partial charge on any atom is 0.274 e. The van der Waals surface area contributed by atoms with E-state index in [0.29, 0.717) is 29.2 Å². The number of benzene rings is 1. The van der Waals surface area contributed by atoms with Crippen molar-refractivity contribution in [2.75, 3.05) is 13.1 Å². The zero-order valence-electron chi connectivity index (χ0n) is 14.7. The number of amides is 1. The van der Waals surface area contributed by atoms with Gasteiger partial charge in [-0.2, -0.15) is 0 Å². The van der Waals surface area contributed by atoms with Crippen LogP contribution in [0.25, 0.3) is 21.8 Å². The molecule has 0 bridgehead atoms. The van der Waals surface area contributed by atoms with Gasteiger partial charge in [-0.05, 0) is 31.0 Å². The van der Waals surface area contributed by atoms with E-state index in [0.717, 1.165) is 29.3 Å². The summed E-state index contributed by atoms with van der Waals surface area (Å²) in [5, 5.41) is 12.7. The number of carbonyl (C=O) groups is 1. The Morgan fingerprint density at radius 2 is 1.92 bits per heavy atom. The number of carbonyl (C=O) groups excluding carboxylic acids is 1. The third-order valence-corrected chi connectivity index (χ3v) is 4.66. The van der Waals surface area contributed by atoms with E-state index < -0.39 is 0 Å². The van der Waals surface area contributed by atoms with Crippen molar-refractivity contribution in [2.45, 2.75) is 26.7 Å². The molecule has 1 N–H and O–H groups in total. The smallest absolute Gasteiger partial charge is 0.274 e. The van der Waals surface area contributed by atoms with E-state index in [4.69, 9.17) is 11.6 Å². The highest BCUT2D eigenvalue weighted by molar-refractivity contribution is 6.31. The van der Waals surface area contributed by atoms with E-state index in [9.17, 15) is 9.90 Å². The van der Waals surface area contributed by atoms with E-state index >= 15 is 0 Å². The summed E-state index contributed by atoms with van der Waals surface area (Å²) in [7, 11) is 1.80. The first-order valence-electron chi connectivity index (χ1n) is 8.54. The van der Waals surface area contributed by atoms with E-state index in [1.54, 1.807) is 28.8 Å².